The molecule has 0 amide bonds. The summed E-state index contributed by atoms with van der Waals surface area (Å²) in [5.41, 5.74) is 5.78. The van der Waals surface area contributed by atoms with Gasteiger partial charge in [-0.25, -0.2) is 0 Å². The van der Waals surface area contributed by atoms with E-state index in [1.54, 1.807) is 0 Å². The van der Waals surface area contributed by atoms with Crippen LogP contribution in [0, 0.1) is 5.92 Å². The van der Waals surface area contributed by atoms with Crippen molar-refractivity contribution < 1.29 is 5.11 Å². The van der Waals surface area contributed by atoms with Gasteiger partial charge >= 0.3 is 0 Å². The first-order valence-corrected chi connectivity index (χ1v) is 5.91. The molecule has 3 atom stereocenters. The summed E-state index contributed by atoms with van der Waals surface area (Å²) in [5, 5.41) is 8.94. The molecule has 0 radical (unpaired) electrons. The van der Waals surface area contributed by atoms with Gasteiger partial charge in [0, 0.05) is 18.6 Å². The summed E-state index contributed by atoms with van der Waals surface area (Å²) >= 11 is 0. The van der Waals surface area contributed by atoms with Crippen molar-refractivity contribution in [3.05, 3.63) is 0 Å². The minimum atomic E-state index is -0.0457. The Morgan fingerprint density at radius 1 is 1.29 bits per heavy atom. The zero-order valence-corrected chi connectivity index (χ0v) is 8.86. The Morgan fingerprint density at radius 3 is 2.86 bits per heavy atom. The summed E-state index contributed by atoms with van der Waals surface area (Å²) in [4.78, 5) is 2.50. The lowest BCUT2D eigenvalue weighted by molar-refractivity contribution is 0.154. The van der Waals surface area contributed by atoms with Crippen LogP contribution in [0.15, 0.2) is 0 Å². The molecule has 3 N–H and O–H groups in total. The van der Waals surface area contributed by atoms with E-state index in [2.05, 4.69) is 4.90 Å². The van der Waals surface area contributed by atoms with Crippen LogP contribution in [0.2, 0.25) is 0 Å². The van der Waals surface area contributed by atoms with Crippen molar-refractivity contribution >= 4 is 0 Å². The first-order valence-electron chi connectivity index (χ1n) is 5.91. The zero-order chi connectivity index (χ0) is 9.97. The zero-order valence-electron chi connectivity index (χ0n) is 8.86. The average Bonchev–Trinajstić information content (AvgIpc) is 2.62. The molecule has 1 aliphatic carbocycles. The minimum Gasteiger partial charge on any atom is -0.395 e. The molecular weight excluding hydrogens is 176 g/mol. The molecule has 0 aromatic rings. The summed E-state index contributed by atoms with van der Waals surface area (Å²) in [6, 6.07) is 0.733. The Labute approximate surface area is 86.3 Å². The van der Waals surface area contributed by atoms with Crippen LogP contribution in [0.25, 0.3) is 0 Å². The van der Waals surface area contributed by atoms with E-state index in [0.29, 0.717) is 0 Å². The predicted molar refractivity (Wildman–Crippen MR) is 57.0 cm³/mol. The molecule has 0 aromatic carbocycles. The highest BCUT2D eigenvalue weighted by molar-refractivity contribution is 4.90. The molecule has 0 aromatic heterocycles. The van der Waals surface area contributed by atoms with Gasteiger partial charge in [-0.1, -0.05) is 12.8 Å². The lowest BCUT2D eigenvalue weighted by atomic mass is 9.85. The van der Waals surface area contributed by atoms with Crippen LogP contribution < -0.4 is 5.73 Å². The van der Waals surface area contributed by atoms with Crippen LogP contribution in [0.3, 0.4) is 0 Å². The van der Waals surface area contributed by atoms with Gasteiger partial charge in [0.2, 0.25) is 0 Å². The molecule has 1 saturated carbocycles. The van der Waals surface area contributed by atoms with Gasteiger partial charge in [-0.15, -0.1) is 0 Å². The number of aliphatic hydroxyl groups excluding tert-OH is 1. The number of hydrogen-bond donors (Lipinski definition) is 2. The fraction of sp³-hybridized carbons (Fsp3) is 1.00. The number of fused-ring (bicyclic) bond motifs is 1. The van der Waals surface area contributed by atoms with Crippen LogP contribution in [0.4, 0.5) is 0 Å². The first-order chi connectivity index (χ1) is 6.81. The summed E-state index contributed by atoms with van der Waals surface area (Å²) in [7, 11) is 0. The number of hydrogen-bond acceptors (Lipinski definition) is 3. The van der Waals surface area contributed by atoms with Crippen molar-refractivity contribution in [1.29, 1.82) is 0 Å². The van der Waals surface area contributed by atoms with Gasteiger partial charge < -0.3 is 10.8 Å². The van der Waals surface area contributed by atoms with Crippen molar-refractivity contribution in [2.75, 3.05) is 19.7 Å². The van der Waals surface area contributed by atoms with Gasteiger partial charge in [-0.3, -0.25) is 4.90 Å². The van der Waals surface area contributed by atoms with Crippen molar-refractivity contribution in [3.8, 4) is 0 Å². The van der Waals surface area contributed by atoms with E-state index >= 15 is 0 Å². The molecule has 14 heavy (non-hydrogen) atoms. The van der Waals surface area contributed by atoms with E-state index < -0.39 is 0 Å². The molecule has 1 unspecified atom stereocenters. The largest absolute Gasteiger partial charge is 0.395 e. The molecule has 3 nitrogen and oxygen atoms in total. The molecule has 1 aliphatic heterocycles. The topological polar surface area (TPSA) is 49.5 Å². The average molecular weight is 198 g/mol. The summed E-state index contributed by atoms with van der Waals surface area (Å²) in [6.07, 6.45) is 6.91. The standard InChI is InChI=1S/C11H22N2O/c12-10(8-14)7-13-6-5-9-3-1-2-4-11(9)13/h9-11,14H,1-8,12H2/t9-,10?,11-/m0/s1. The fourth-order valence-corrected chi connectivity index (χ4v) is 3.09. The summed E-state index contributed by atoms with van der Waals surface area (Å²) in [5.74, 6) is 0.926. The molecule has 1 saturated heterocycles. The molecule has 0 spiro atoms. The van der Waals surface area contributed by atoms with E-state index in [1.165, 1.54) is 38.6 Å². The fourth-order valence-electron chi connectivity index (χ4n) is 3.09. The molecular formula is C11H22N2O. The highest BCUT2D eigenvalue weighted by Crippen LogP contribution is 2.35. The van der Waals surface area contributed by atoms with Gasteiger partial charge in [0.15, 0.2) is 0 Å². The second kappa shape index (κ2) is 4.60. The van der Waals surface area contributed by atoms with Crippen LogP contribution in [0.1, 0.15) is 32.1 Å². The second-order valence-corrected chi connectivity index (χ2v) is 4.84. The Morgan fingerprint density at radius 2 is 2.07 bits per heavy atom. The molecule has 82 valence electrons. The Kier molecular flexibility index (Phi) is 3.42. The second-order valence-electron chi connectivity index (χ2n) is 4.84. The quantitative estimate of drug-likeness (QED) is 0.697. The van der Waals surface area contributed by atoms with Crippen molar-refractivity contribution in [3.63, 3.8) is 0 Å². The Hall–Kier alpha value is -0.120. The maximum atomic E-state index is 8.94. The number of nitrogens with two attached hydrogens (primary N) is 1. The number of likely N-dealkylation sites (tertiary alicyclic amines) is 1. The normalized spacial score (nSPS) is 35.6. The van der Waals surface area contributed by atoms with E-state index in [0.717, 1.165) is 18.5 Å². The maximum Gasteiger partial charge on any atom is 0.0595 e. The van der Waals surface area contributed by atoms with Crippen LogP contribution >= 0.6 is 0 Å². The van der Waals surface area contributed by atoms with Gasteiger partial charge in [0.25, 0.3) is 0 Å². The van der Waals surface area contributed by atoms with E-state index in [9.17, 15) is 0 Å². The minimum absolute atomic E-state index is 0.0457. The summed E-state index contributed by atoms with van der Waals surface area (Å²) in [6.45, 7) is 2.20. The predicted octanol–water partition coefficient (Wildman–Crippen LogP) is 0.570. The number of aliphatic hydroxyl groups is 1. The van der Waals surface area contributed by atoms with Crippen LogP contribution in [-0.2, 0) is 0 Å². The molecule has 2 aliphatic rings. The lowest BCUT2D eigenvalue weighted by Gasteiger charge is -2.32. The number of rotatable bonds is 3. The third-order valence-electron chi connectivity index (χ3n) is 3.83. The first kappa shape index (κ1) is 10.4. The Balaban J connectivity index is 1.87. The summed E-state index contributed by atoms with van der Waals surface area (Å²) < 4.78 is 0. The molecule has 2 rings (SSSR count). The highest BCUT2D eigenvalue weighted by Gasteiger charge is 2.35. The third kappa shape index (κ3) is 2.10. The SMILES string of the molecule is NC(CO)CN1CC[C@@H]2CCCC[C@@H]21. The number of nitrogens with zero attached hydrogens (tertiary/aromatic N) is 1. The lowest BCUT2D eigenvalue weighted by Crippen LogP contribution is -2.43. The van der Waals surface area contributed by atoms with Gasteiger partial charge in [-0.05, 0) is 31.7 Å². The Bertz CT molecular complexity index is 186. The van der Waals surface area contributed by atoms with Gasteiger partial charge in [-0.2, -0.15) is 0 Å². The van der Waals surface area contributed by atoms with Gasteiger partial charge in [0.1, 0.15) is 0 Å². The van der Waals surface area contributed by atoms with E-state index in [1.807, 2.05) is 0 Å². The van der Waals surface area contributed by atoms with E-state index in [4.69, 9.17) is 10.8 Å². The molecule has 0 bridgehead atoms. The van der Waals surface area contributed by atoms with Crippen LogP contribution in [0.5, 0.6) is 0 Å². The molecule has 1 heterocycles. The smallest absolute Gasteiger partial charge is 0.0595 e. The van der Waals surface area contributed by atoms with Gasteiger partial charge in [0.05, 0.1) is 6.61 Å². The molecule has 2 fully saturated rings. The van der Waals surface area contributed by atoms with Crippen molar-refractivity contribution in [2.24, 2.45) is 11.7 Å². The van der Waals surface area contributed by atoms with E-state index in [-0.39, 0.29) is 12.6 Å². The maximum absolute atomic E-state index is 8.94. The third-order valence-corrected chi connectivity index (χ3v) is 3.83. The monoisotopic (exact) mass is 198 g/mol. The highest BCUT2D eigenvalue weighted by atomic mass is 16.3. The van der Waals surface area contributed by atoms with Crippen molar-refractivity contribution in [2.45, 2.75) is 44.2 Å². The molecule has 3 heteroatoms. The van der Waals surface area contributed by atoms with Crippen LogP contribution in [-0.4, -0.2) is 41.8 Å². The van der Waals surface area contributed by atoms with Crippen molar-refractivity contribution in [1.82, 2.24) is 4.90 Å².